The number of aliphatic hydroxyl groups excluding tert-OH is 1. The molecule has 1 aromatic rings. The van der Waals surface area contributed by atoms with Crippen LogP contribution in [0.4, 0.5) is 5.69 Å². The average Bonchev–Trinajstić information content (AvgIpc) is 3.07. The van der Waals surface area contributed by atoms with E-state index in [-0.39, 0.29) is 17.7 Å². The first-order chi connectivity index (χ1) is 10.5. The van der Waals surface area contributed by atoms with Crippen molar-refractivity contribution in [3.63, 3.8) is 0 Å². The highest BCUT2D eigenvalue weighted by atomic mass is 16.4. The number of carboxylic acid groups (broad SMARTS) is 1. The maximum Gasteiger partial charge on any atom is 0.307 e. The van der Waals surface area contributed by atoms with Gasteiger partial charge in [0.15, 0.2) is 0 Å². The summed E-state index contributed by atoms with van der Waals surface area (Å²) in [7, 11) is 0. The van der Waals surface area contributed by atoms with Crippen molar-refractivity contribution in [1.29, 1.82) is 0 Å². The monoisotopic (exact) mass is 301 g/mol. The van der Waals surface area contributed by atoms with Crippen molar-refractivity contribution in [2.24, 2.45) is 23.7 Å². The zero-order valence-corrected chi connectivity index (χ0v) is 12.3. The van der Waals surface area contributed by atoms with Crippen molar-refractivity contribution in [2.45, 2.75) is 19.4 Å². The fourth-order valence-electron chi connectivity index (χ4n) is 3.62. The van der Waals surface area contributed by atoms with Gasteiger partial charge >= 0.3 is 5.97 Å². The SMILES string of the molecule is C[C@H](O)c1cccc(NC(=O)[C@H]2[C@H](C(=O)O)[C@H]3C=C[C@H]2C3)c1. The Balaban J connectivity index is 1.78. The van der Waals surface area contributed by atoms with Crippen molar-refractivity contribution >= 4 is 17.6 Å². The number of benzene rings is 1. The molecule has 2 bridgehead atoms. The number of amides is 1. The van der Waals surface area contributed by atoms with E-state index in [0.717, 1.165) is 6.42 Å². The molecule has 5 nitrogen and oxygen atoms in total. The molecule has 3 N–H and O–H groups in total. The van der Waals surface area contributed by atoms with Crippen molar-refractivity contribution < 1.29 is 19.8 Å². The van der Waals surface area contributed by atoms with Crippen LogP contribution in [0.25, 0.3) is 0 Å². The fraction of sp³-hybridized carbons (Fsp3) is 0.412. The van der Waals surface area contributed by atoms with Crippen LogP contribution in [0, 0.1) is 23.7 Å². The van der Waals surface area contributed by atoms with E-state index in [0.29, 0.717) is 11.3 Å². The van der Waals surface area contributed by atoms with Crippen molar-refractivity contribution in [3.8, 4) is 0 Å². The fourth-order valence-corrected chi connectivity index (χ4v) is 3.62. The van der Waals surface area contributed by atoms with Crippen molar-refractivity contribution in [1.82, 2.24) is 0 Å². The smallest absolute Gasteiger partial charge is 0.307 e. The van der Waals surface area contributed by atoms with Crippen LogP contribution in [-0.2, 0) is 9.59 Å². The molecule has 0 aliphatic heterocycles. The predicted molar refractivity (Wildman–Crippen MR) is 81.1 cm³/mol. The third-order valence-corrected chi connectivity index (χ3v) is 4.68. The Kier molecular flexibility index (Phi) is 3.74. The molecule has 0 saturated heterocycles. The summed E-state index contributed by atoms with van der Waals surface area (Å²) in [6.07, 6.45) is 4.00. The molecule has 2 aliphatic rings. The molecule has 1 aromatic carbocycles. The van der Waals surface area contributed by atoms with E-state index in [2.05, 4.69) is 5.32 Å². The highest BCUT2D eigenvalue weighted by molar-refractivity contribution is 5.96. The number of aliphatic carboxylic acids is 1. The predicted octanol–water partition coefficient (Wildman–Crippen LogP) is 2.20. The zero-order valence-electron chi connectivity index (χ0n) is 12.3. The highest BCUT2D eigenvalue weighted by Gasteiger charge is 2.51. The zero-order chi connectivity index (χ0) is 15.9. The van der Waals surface area contributed by atoms with Crippen LogP contribution in [0.15, 0.2) is 36.4 Å². The summed E-state index contributed by atoms with van der Waals surface area (Å²) in [5.74, 6) is -2.37. The quantitative estimate of drug-likeness (QED) is 0.744. The highest BCUT2D eigenvalue weighted by Crippen LogP contribution is 2.48. The van der Waals surface area contributed by atoms with E-state index in [1.807, 2.05) is 12.2 Å². The van der Waals surface area contributed by atoms with E-state index in [4.69, 9.17) is 0 Å². The van der Waals surface area contributed by atoms with Crippen LogP contribution in [0.2, 0.25) is 0 Å². The van der Waals surface area contributed by atoms with Crippen LogP contribution in [0.3, 0.4) is 0 Å². The molecule has 0 aromatic heterocycles. The first kappa shape index (κ1) is 14.8. The molecule has 116 valence electrons. The summed E-state index contributed by atoms with van der Waals surface area (Å²) in [5.41, 5.74) is 1.29. The molecule has 0 unspecified atom stereocenters. The van der Waals surface area contributed by atoms with Gasteiger partial charge in [-0.1, -0.05) is 24.3 Å². The Bertz CT molecular complexity index is 637. The lowest BCUT2D eigenvalue weighted by Gasteiger charge is -2.24. The molecule has 3 rings (SSSR count). The number of rotatable bonds is 4. The first-order valence-corrected chi connectivity index (χ1v) is 7.47. The van der Waals surface area contributed by atoms with E-state index in [9.17, 15) is 19.8 Å². The standard InChI is InChI=1S/C17H19NO4/c1-9(19)10-3-2-4-13(8-10)18-16(20)14-11-5-6-12(7-11)15(14)17(21)22/h2-6,8-9,11-12,14-15,19H,7H2,1H3,(H,18,20)(H,21,22)/t9-,11-,12-,14+,15+/m0/s1. The number of hydrogen-bond donors (Lipinski definition) is 3. The Morgan fingerprint density at radius 1 is 1.23 bits per heavy atom. The lowest BCUT2D eigenvalue weighted by molar-refractivity contribution is -0.146. The summed E-state index contributed by atoms with van der Waals surface area (Å²) < 4.78 is 0. The van der Waals surface area contributed by atoms with Gasteiger partial charge < -0.3 is 15.5 Å². The molecule has 5 atom stereocenters. The van der Waals surface area contributed by atoms with Gasteiger partial charge in [0.1, 0.15) is 0 Å². The van der Waals surface area contributed by atoms with Gasteiger partial charge in [-0.3, -0.25) is 9.59 Å². The third-order valence-electron chi connectivity index (χ3n) is 4.68. The van der Waals surface area contributed by atoms with E-state index >= 15 is 0 Å². The molecule has 0 heterocycles. The minimum absolute atomic E-state index is 0.00560. The Morgan fingerprint density at radius 3 is 2.55 bits per heavy atom. The molecule has 0 radical (unpaired) electrons. The number of fused-ring (bicyclic) bond motifs is 2. The van der Waals surface area contributed by atoms with Crippen LogP contribution < -0.4 is 5.32 Å². The molecule has 0 spiro atoms. The van der Waals surface area contributed by atoms with Gasteiger partial charge in [0, 0.05) is 5.69 Å². The Hall–Kier alpha value is -2.14. The molecule has 1 saturated carbocycles. The second-order valence-electron chi connectivity index (χ2n) is 6.13. The van der Waals surface area contributed by atoms with Gasteiger partial charge in [-0.15, -0.1) is 0 Å². The second kappa shape index (κ2) is 5.57. The van der Waals surface area contributed by atoms with Gasteiger partial charge in [0.05, 0.1) is 17.9 Å². The topological polar surface area (TPSA) is 86.6 Å². The van der Waals surface area contributed by atoms with Crippen molar-refractivity contribution in [3.05, 3.63) is 42.0 Å². The van der Waals surface area contributed by atoms with Gasteiger partial charge in [0.25, 0.3) is 0 Å². The lowest BCUT2D eigenvalue weighted by atomic mass is 9.82. The maximum atomic E-state index is 12.5. The molecule has 5 heteroatoms. The molecule has 1 amide bonds. The summed E-state index contributed by atoms with van der Waals surface area (Å²) in [6, 6.07) is 6.98. The molecule has 1 fully saturated rings. The van der Waals surface area contributed by atoms with E-state index in [1.165, 1.54) is 0 Å². The van der Waals surface area contributed by atoms with Crippen LogP contribution in [-0.4, -0.2) is 22.1 Å². The number of aliphatic hydroxyl groups is 1. The Labute approximate surface area is 128 Å². The second-order valence-corrected chi connectivity index (χ2v) is 6.13. The van der Waals surface area contributed by atoms with Gasteiger partial charge in [-0.2, -0.15) is 0 Å². The molecule has 2 aliphatic carbocycles. The number of anilines is 1. The minimum atomic E-state index is -0.908. The average molecular weight is 301 g/mol. The molecule has 22 heavy (non-hydrogen) atoms. The van der Waals surface area contributed by atoms with Crippen LogP contribution in [0.1, 0.15) is 25.0 Å². The van der Waals surface area contributed by atoms with E-state index < -0.39 is 23.9 Å². The van der Waals surface area contributed by atoms with Gasteiger partial charge in [-0.25, -0.2) is 0 Å². The van der Waals surface area contributed by atoms with Crippen LogP contribution >= 0.6 is 0 Å². The number of carbonyl (C=O) groups is 2. The molecular formula is C17H19NO4. The minimum Gasteiger partial charge on any atom is -0.481 e. The summed E-state index contributed by atoms with van der Waals surface area (Å²) >= 11 is 0. The number of allylic oxidation sites excluding steroid dienone is 2. The first-order valence-electron chi connectivity index (χ1n) is 7.47. The number of carboxylic acids is 1. The maximum absolute atomic E-state index is 12.5. The molecular weight excluding hydrogens is 282 g/mol. The summed E-state index contributed by atoms with van der Waals surface area (Å²) in [5, 5.41) is 21.8. The van der Waals surface area contributed by atoms with Crippen LogP contribution in [0.5, 0.6) is 0 Å². The largest absolute Gasteiger partial charge is 0.481 e. The number of carbonyl (C=O) groups excluding carboxylic acids is 1. The normalized spacial score (nSPS) is 30.3. The third kappa shape index (κ3) is 2.52. The Morgan fingerprint density at radius 2 is 1.91 bits per heavy atom. The van der Waals surface area contributed by atoms with Crippen molar-refractivity contribution in [2.75, 3.05) is 5.32 Å². The summed E-state index contributed by atoms with van der Waals surface area (Å²) in [6.45, 7) is 1.65. The lowest BCUT2D eigenvalue weighted by Crippen LogP contribution is -2.36. The van der Waals surface area contributed by atoms with E-state index in [1.54, 1.807) is 31.2 Å². The van der Waals surface area contributed by atoms with Gasteiger partial charge in [0.2, 0.25) is 5.91 Å². The summed E-state index contributed by atoms with van der Waals surface area (Å²) in [4.78, 5) is 24.0. The number of hydrogen-bond acceptors (Lipinski definition) is 3. The number of nitrogens with one attached hydrogen (secondary N) is 1. The van der Waals surface area contributed by atoms with Gasteiger partial charge in [-0.05, 0) is 42.9 Å².